The van der Waals surface area contributed by atoms with E-state index in [1.54, 1.807) is 12.1 Å². The molecule has 8 nitrogen and oxygen atoms in total. The molecule has 2 aromatic rings. The average Bonchev–Trinajstić information content (AvgIpc) is 2.52. The number of non-ortho nitro benzene ring substituents is 1. The lowest BCUT2D eigenvalue weighted by atomic mass is 10.1. The molecule has 0 fully saturated rings. The minimum atomic E-state index is -0.688. The summed E-state index contributed by atoms with van der Waals surface area (Å²) in [6, 6.07) is 8.04. The molecule has 23 heavy (non-hydrogen) atoms. The molecule has 0 saturated heterocycles. The van der Waals surface area contributed by atoms with Crippen LogP contribution in [0.3, 0.4) is 0 Å². The van der Waals surface area contributed by atoms with Gasteiger partial charge in [-0.25, -0.2) is 0 Å². The lowest BCUT2D eigenvalue weighted by Crippen LogP contribution is -2.25. The van der Waals surface area contributed by atoms with Gasteiger partial charge in [-0.1, -0.05) is 12.1 Å². The number of carbonyl (C=O) groups excluding carboxylic acids is 1. The van der Waals surface area contributed by atoms with E-state index in [4.69, 9.17) is 0 Å². The minimum Gasteiger partial charge on any atom is -0.504 e. The van der Waals surface area contributed by atoms with Crippen LogP contribution in [-0.4, -0.2) is 32.7 Å². The highest BCUT2D eigenvalue weighted by Gasteiger charge is 2.13. The first-order valence-corrected chi connectivity index (χ1v) is 6.65. The number of benzene rings is 2. The predicted octanol–water partition coefficient (Wildman–Crippen LogP) is 1.68. The number of nitrogens with one attached hydrogen (secondary N) is 1. The van der Waals surface area contributed by atoms with E-state index in [1.807, 2.05) is 0 Å². The summed E-state index contributed by atoms with van der Waals surface area (Å²) in [6.45, 7) is 0.263. The third-order valence-corrected chi connectivity index (χ3v) is 3.18. The number of rotatable bonds is 5. The van der Waals surface area contributed by atoms with Crippen molar-refractivity contribution >= 4 is 11.6 Å². The van der Waals surface area contributed by atoms with Gasteiger partial charge in [0.05, 0.1) is 4.92 Å². The Morgan fingerprint density at radius 3 is 2.17 bits per heavy atom. The van der Waals surface area contributed by atoms with Crippen LogP contribution in [0, 0.1) is 10.1 Å². The zero-order valence-electron chi connectivity index (χ0n) is 11.9. The molecule has 0 aromatic heterocycles. The first kappa shape index (κ1) is 16.1. The van der Waals surface area contributed by atoms with E-state index in [-0.39, 0.29) is 17.8 Å². The molecule has 0 aliphatic carbocycles. The second kappa shape index (κ2) is 6.65. The van der Waals surface area contributed by atoms with Gasteiger partial charge in [-0.15, -0.1) is 0 Å². The predicted molar refractivity (Wildman–Crippen MR) is 80.6 cm³/mol. The van der Waals surface area contributed by atoms with Crippen LogP contribution in [0.15, 0.2) is 36.4 Å². The molecule has 1 amide bonds. The maximum atomic E-state index is 11.9. The van der Waals surface area contributed by atoms with Gasteiger partial charge in [-0.05, 0) is 24.1 Å². The van der Waals surface area contributed by atoms with E-state index < -0.39 is 28.1 Å². The molecule has 0 atom stereocenters. The Kier molecular flexibility index (Phi) is 4.65. The number of amides is 1. The Balaban J connectivity index is 1.93. The van der Waals surface area contributed by atoms with Crippen molar-refractivity contribution in [3.8, 4) is 17.2 Å². The molecular weight excluding hydrogens is 304 g/mol. The van der Waals surface area contributed by atoms with Crippen molar-refractivity contribution in [2.24, 2.45) is 0 Å². The van der Waals surface area contributed by atoms with Crippen molar-refractivity contribution in [1.29, 1.82) is 0 Å². The molecule has 0 aliphatic rings. The fourth-order valence-electron chi connectivity index (χ4n) is 1.94. The number of hydrogen-bond donors (Lipinski definition) is 4. The molecule has 0 heterocycles. The van der Waals surface area contributed by atoms with Gasteiger partial charge in [0.15, 0.2) is 17.2 Å². The Hall–Kier alpha value is -3.29. The molecule has 2 rings (SSSR count). The lowest BCUT2D eigenvalue weighted by Gasteiger charge is -2.07. The number of phenols is 3. The first-order chi connectivity index (χ1) is 10.9. The van der Waals surface area contributed by atoms with Crippen LogP contribution in [0.1, 0.15) is 15.9 Å². The molecule has 0 saturated carbocycles. The Morgan fingerprint density at radius 1 is 1.09 bits per heavy atom. The van der Waals surface area contributed by atoms with Crippen LogP contribution in [-0.2, 0) is 6.42 Å². The van der Waals surface area contributed by atoms with Crippen molar-refractivity contribution in [2.45, 2.75) is 6.42 Å². The Labute approximate surface area is 130 Å². The van der Waals surface area contributed by atoms with E-state index in [2.05, 4.69) is 5.32 Å². The average molecular weight is 318 g/mol. The normalized spacial score (nSPS) is 10.3. The molecule has 4 N–H and O–H groups in total. The van der Waals surface area contributed by atoms with Crippen LogP contribution < -0.4 is 5.32 Å². The molecule has 0 radical (unpaired) electrons. The maximum absolute atomic E-state index is 11.9. The fourth-order valence-corrected chi connectivity index (χ4v) is 1.94. The van der Waals surface area contributed by atoms with Gasteiger partial charge in [-0.3, -0.25) is 14.9 Å². The van der Waals surface area contributed by atoms with Gasteiger partial charge in [-0.2, -0.15) is 0 Å². The largest absolute Gasteiger partial charge is 0.504 e. The highest BCUT2D eigenvalue weighted by molar-refractivity contribution is 5.95. The molecule has 0 spiro atoms. The van der Waals surface area contributed by atoms with E-state index in [0.717, 1.165) is 17.7 Å². The summed E-state index contributed by atoms with van der Waals surface area (Å²) in [7, 11) is 0. The number of nitro benzene ring substituents is 1. The zero-order valence-corrected chi connectivity index (χ0v) is 11.9. The van der Waals surface area contributed by atoms with Crippen LogP contribution >= 0.6 is 0 Å². The third kappa shape index (κ3) is 3.88. The molecular formula is C15H14N2O6. The Morgan fingerprint density at radius 2 is 1.65 bits per heavy atom. The van der Waals surface area contributed by atoms with E-state index >= 15 is 0 Å². The highest BCUT2D eigenvalue weighted by Crippen LogP contribution is 2.35. The minimum absolute atomic E-state index is 0.00139. The number of nitro groups is 1. The van der Waals surface area contributed by atoms with Crippen molar-refractivity contribution in [3.05, 3.63) is 57.6 Å². The standard InChI is InChI=1S/C15H14N2O6/c18-12-7-10(8-13(19)14(12)20)15(21)16-6-5-9-1-3-11(4-2-9)17(22)23/h1-4,7-8,18-20H,5-6H2,(H,16,21). The molecule has 0 unspecified atom stereocenters. The summed E-state index contributed by atoms with van der Waals surface area (Å²) in [5.74, 6) is -2.40. The SMILES string of the molecule is O=C(NCCc1ccc([N+](=O)[O-])cc1)c1cc(O)c(O)c(O)c1. The smallest absolute Gasteiger partial charge is 0.269 e. The molecule has 120 valence electrons. The quantitative estimate of drug-likeness (QED) is 0.376. The van der Waals surface area contributed by atoms with E-state index in [0.29, 0.717) is 6.42 Å². The lowest BCUT2D eigenvalue weighted by molar-refractivity contribution is -0.384. The first-order valence-electron chi connectivity index (χ1n) is 6.65. The molecule has 0 aliphatic heterocycles. The third-order valence-electron chi connectivity index (χ3n) is 3.18. The van der Waals surface area contributed by atoms with Gasteiger partial charge >= 0.3 is 0 Å². The molecule has 8 heteroatoms. The fraction of sp³-hybridized carbons (Fsp3) is 0.133. The van der Waals surface area contributed by atoms with Gasteiger partial charge in [0.1, 0.15) is 0 Å². The molecule has 0 bridgehead atoms. The summed E-state index contributed by atoms with van der Waals surface area (Å²) < 4.78 is 0. The maximum Gasteiger partial charge on any atom is 0.269 e. The summed E-state index contributed by atoms with van der Waals surface area (Å²) >= 11 is 0. The number of phenolic OH excluding ortho intramolecular Hbond substituents is 3. The second-order valence-corrected chi connectivity index (χ2v) is 4.79. The van der Waals surface area contributed by atoms with Gasteiger partial charge < -0.3 is 20.6 Å². The Bertz CT molecular complexity index is 719. The molecule has 2 aromatic carbocycles. The number of carbonyl (C=O) groups is 1. The van der Waals surface area contributed by atoms with Crippen LogP contribution in [0.5, 0.6) is 17.2 Å². The van der Waals surface area contributed by atoms with Crippen molar-refractivity contribution < 1.29 is 25.0 Å². The van der Waals surface area contributed by atoms with Crippen LogP contribution in [0.4, 0.5) is 5.69 Å². The van der Waals surface area contributed by atoms with Gasteiger partial charge in [0, 0.05) is 24.2 Å². The summed E-state index contributed by atoms with van der Waals surface area (Å²) in [5, 5.41) is 41.1. The summed E-state index contributed by atoms with van der Waals surface area (Å²) in [6.07, 6.45) is 0.458. The van der Waals surface area contributed by atoms with E-state index in [9.17, 15) is 30.2 Å². The zero-order chi connectivity index (χ0) is 17.0. The van der Waals surface area contributed by atoms with Crippen LogP contribution in [0.2, 0.25) is 0 Å². The monoisotopic (exact) mass is 318 g/mol. The highest BCUT2D eigenvalue weighted by atomic mass is 16.6. The van der Waals surface area contributed by atoms with Crippen molar-refractivity contribution in [3.63, 3.8) is 0 Å². The summed E-state index contributed by atoms with van der Waals surface area (Å²) in [5.41, 5.74) is 0.807. The topological polar surface area (TPSA) is 133 Å². The second-order valence-electron chi connectivity index (χ2n) is 4.79. The van der Waals surface area contributed by atoms with Crippen LogP contribution in [0.25, 0.3) is 0 Å². The summed E-state index contributed by atoms with van der Waals surface area (Å²) in [4.78, 5) is 21.9. The van der Waals surface area contributed by atoms with Crippen molar-refractivity contribution in [1.82, 2.24) is 5.32 Å². The van der Waals surface area contributed by atoms with E-state index in [1.165, 1.54) is 12.1 Å². The van der Waals surface area contributed by atoms with Gasteiger partial charge in [0.25, 0.3) is 11.6 Å². The number of nitrogens with zero attached hydrogens (tertiary/aromatic N) is 1. The number of aromatic hydroxyl groups is 3. The van der Waals surface area contributed by atoms with Crippen molar-refractivity contribution in [2.75, 3.05) is 6.54 Å². The van der Waals surface area contributed by atoms with Gasteiger partial charge in [0.2, 0.25) is 0 Å². The number of hydrogen-bond acceptors (Lipinski definition) is 6.